The molecule has 2 aromatic rings. The van der Waals surface area contributed by atoms with Crippen molar-refractivity contribution in [3.05, 3.63) is 35.2 Å². The highest BCUT2D eigenvalue weighted by Crippen LogP contribution is 2.34. The molecule has 1 N–H and O–H groups in total. The van der Waals surface area contributed by atoms with Gasteiger partial charge in [-0.25, -0.2) is 9.97 Å². The lowest BCUT2D eigenvalue weighted by atomic mass is 9.99. The minimum Gasteiger partial charge on any atom is -0.493 e. The van der Waals surface area contributed by atoms with Crippen molar-refractivity contribution in [3.8, 4) is 11.5 Å². The van der Waals surface area contributed by atoms with Crippen molar-refractivity contribution >= 4 is 11.6 Å². The zero-order valence-electron chi connectivity index (χ0n) is 16.3. The summed E-state index contributed by atoms with van der Waals surface area (Å²) in [5, 5.41) is 3.45. The Kier molecular flexibility index (Phi) is 5.49. The summed E-state index contributed by atoms with van der Waals surface area (Å²) in [6.45, 7) is 7.98. The number of ether oxygens (including phenoxy) is 2. The van der Waals surface area contributed by atoms with E-state index < -0.39 is 0 Å². The second-order valence-corrected chi connectivity index (χ2v) is 6.76. The molecule has 1 atom stereocenters. The van der Waals surface area contributed by atoms with E-state index in [1.165, 1.54) is 11.1 Å². The van der Waals surface area contributed by atoms with Gasteiger partial charge in [0.2, 0.25) is 0 Å². The lowest BCUT2D eigenvalue weighted by molar-refractivity contribution is 0.353. The van der Waals surface area contributed by atoms with Crippen molar-refractivity contribution in [2.75, 3.05) is 31.0 Å². The molecule has 0 saturated heterocycles. The van der Waals surface area contributed by atoms with Crippen molar-refractivity contribution in [1.29, 1.82) is 0 Å². The van der Waals surface area contributed by atoms with Crippen LogP contribution in [0, 0.1) is 6.92 Å². The summed E-state index contributed by atoms with van der Waals surface area (Å²) in [6, 6.07) is 6.60. The second kappa shape index (κ2) is 7.81. The van der Waals surface area contributed by atoms with Gasteiger partial charge in [-0.15, -0.1) is 0 Å². The van der Waals surface area contributed by atoms with E-state index >= 15 is 0 Å². The Morgan fingerprint density at radius 2 is 1.81 bits per heavy atom. The van der Waals surface area contributed by atoms with Crippen LogP contribution in [0.15, 0.2) is 18.2 Å². The Bertz CT molecular complexity index is 779. The fraction of sp³-hybridized carbons (Fsp3) is 0.500. The maximum Gasteiger partial charge on any atom is 0.161 e. The Hall–Kier alpha value is -2.50. The standard InChI is InChI=1S/C20H28N4O2/c1-6-13(2)21-19-11-20(23-14(3)22-19)24-8-7-15-9-17(25-4)18(26-5)10-16(15)12-24/h9-11,13H,6-8,12H2,1-5H3,(H,21,22,23)/t13-/m1/s1. The Morgan fingerprint density at radius 1 is 1.12 bits per heavy atom. The summed E-state index contributed by atoms with van der Waals surface area (Å²) in [6.07, 6.45) is 2.00. The van der Waals surface area contributed by atoms with Crippen LogP contribution in [0.1, 0.15) is 37.2 Å². The minimum atomic E-state index is 0.385. The van der Waals surface area contributed by atoms with Crippen LogP contribution < -0.4 is 19.7 Å². The van der Waals surface area contributed by atoms with Gasteiger partial charge in [0, 0.05) is 25.2 Å². The number of fused-ring (bicyclic) bond motifs is 1. The van der Waals surface area contributed by atoms with E-state index in [0.717, 1.165) is 54.9 Å². The first kappa shape index (κ1) is 18.3. The lowest BCUT2D eigenvalue weighted by Gasteiger charge is -2.31. The van der Waals surface area contributed by atoms with Crippen molar-refractivity contribution in [2.45, 2.75) is 46.2 Å². The molecular formula is C20H28N4O2. The third-order valence-electron chi connectivity index (χ3n) is 4.87. The van der Waals surface area contributed by atoms with Crippen molar-refractivity contribution in [3.63, 3.8) is 0 Å². The molecule has 140 valence electrons. The average molecular weight is 356 g/mol. The molecule has 26 heavy (non-hydrogen) atoms. The Balaban J connectivity index is 1.86. The molecule has 2 heterocycles. The quantitative estimate of drug-likeness (QED) is 0.854. The maximum absolute atomic E-state index is 5.46. The van der Waals surface area contributed by atoms with Gasteiger partial charge in [-0.1, -0.05) is 6.92 Å². The van der Waals surface area contributed by atoms with Gasteiger partial charge in [-0.2, -0.15) is 0 Å². The molecule has 0 radical (unpaired) electrons. The molecule has 0 fully saturated rings. The number of methoxy groups -OCH3 is 2. The predicted molar refractivity (Wildman–Crippen MR) is 104 cm³/mol. The van der Waals surface area contributed by atoms with Gasteiger partial charge in [0.05, 0.1) is 14.2 Å². The number of benzene rings is 1. The van der Waals surface area contributed by atoms with Gasteiger partial charge in [0.25, 0.3) is 0 Å². The van der Waals surface area contributed by atoms with E-state index in [0.29, 0.717) is 6.04 Å². The van der Waals surface area contributed by atoms with Crippen LogP contribution in [0.4, 0.5) is 11.6 Å². The van der Waals surface area contributed by atoms with Crippen molar-refractivity contribution in [1.82, 2.24) is 9.97 Å². The average Bonchev–Trinajstić information content (AvgIpc) is 2.65. The highest BCUT2D eigenvalue weighted by atomic mass is 16.5. The summed E-state index contributed by atoms with van der Waals surface area (Å²) >= 11 is 0. The molecule has 1 aromatic heterocycles. The third kappa shape index (κ3) is 3.84. The highest BCUT2D eigenvalue weighted by Gasteiger charge is 2.21. The molecular weight excluding hydrogens is 328 g/mol. The first-order valence-corrected chi connectivity index (χ1v) is 9.15. The molecule has 1 aliphatic heterocycles. The molecule has 0 saturated carbocycles. The van der Waals surface area contributed by atoms with Gasteiger partial charge in [-0.05, 0) is 49.9 Å². The number of aromatic nitrogens is 2. The molecule has 0 spiro atoms. The fourth-order valence-corrected chi connectivity index (χ4v) is 3.22. The molecule has 3 rings (SSSR count). The largest absolute Gasteiger partial charge is 0.493 e. The molecule has 6 heteroatoms. The zero-order chi connectivity index (χ0) is 18.7. The number of nitrogens with zero attached hydrogens (tertiary/aromatic N) is 3. The van der Waals surface area contributed by atoms with Crippen LogP contribution in [0.3, 0.4) is 0 Å². The normalized spacial score (nSPS) is 14.6. The van der Waals surface area contributed by atoms with Gasteiger partial charge in [-0.3, -0.25) is 0 Å². The van der Waals surface area contributed by atoms with E-state index in [4.69, 9.17) is 9.47 Å². The number of anilines is 2. The predicted octanol–water partition coefficient (Wildman–Crippen LogP) is 3.58. The Labute approximate surface area is 155 Å². The van der Waals surface area contributed by atoms with E-state index in [9.17, 15) is 0 Å². The summed E-state index contributed by atoms with van der Waals surface area (Å²) in [5.41, 5.74) is 2.56. The third-order valence-corrected chi connectivity index (χ3v) is 4.87. The summed E-state index contributed by atoms with van der Waals surface area (Å²) in [4.78, 5) is 11.5. The van der Waals surface area contributed by atoms with Gasteiger partial charge in [0.1, 0.15) is 17.5 Å². The minimum absolute atomic E-state index is 0.385. The highest BCUT2D eigenvalue weighted by molar-refractivity contribution is 5.54. The van der Waals surface area contributed by atoms with Crippen LogP contribution in [0.25, 0.3) is 0 Å². The summed E-state index contributed by atoms with van der Waals surface area (Å²) < 4.78 is 10.9. The number of hydrogen-bond acceptors (Lipinski definition) is 6. The maximum atomic E-state index is 5.46. The first-order chi connectivity index (χ1) is 12.5. The van der Waals surface area contributed by atoms with Crippen LogP contribution in [0.2, 0.25) is 0 Å². The van der Waals surface area contributed by atoms with Crippen LogP contribution in [-0.2, 0) is 13.0 Å². The zero-order valence-corrected chi connectivity index (χ0v) is 16.3. The molecule has 6 nitrogen and oxygen atoms in total. The monoisotopic (exact) mass is 356 g/mol. The molecule has 1 aromatic carbocycles. The lowest BCUT2D eigenvalue weighted by Crippen LogP contribution is -2.31. The number of hydrogen-bond donors (Lipinski definition) is 1. The SMILES string of the molecule is CC[C@@H](C)Nc1cc(N2CCc3cc(OC)c(OC)cc3C2)nc(C)n1. The van der Waals surface area contributed by atoms with E-state index in [-0.39, 0.29) is 0 Å². The van der Waals surface area contributed by atoms with E-state index in [1.807, 2.05) is 13.0 Å². The second-order valence-electron chi connectivity index (χ2n) is 6.76. The molecule has 0 unspecified atom stereocenters. The van der Waals surface area contributed by atoms with E-state index in [1.54, 1.807) is 14.2 Å². The fourth-order valence-electron chi connectivity index (χ4n) is 3.22. The Morgan fingerprint density at radius 3 is 2.46 bits per heavy atom. The van der Waals surface area contributed by atoms with Crippen molar-refractivity contribution < 1.29 is 9.47 Å². The smallest absolute Gasteiger partial charge is 0.161 e. The van der Waals surface area contributed by atoms with Gasteiger partial charge in [0.15, 0.2) is 11.5 Å². The molecule has 0 amide bonds. The van der Waals surface area contributed by atoms with Crippen LogP contribution >= 0.6 is 0 Å². The van der Waals surface area contributed by atoms with Crippen LogP contribution in [0.5, 0.6) is 11.5 Å². The molecule has 0 aliphatic carbocycles. The van der Waals surface area contributed by atoms with Gasteiger partial charge < -0.3 is 19.7 Å². The number of aryl methyl sites for hydroxylation is 1. The first-order valence-electron chi connectivity index (χ1n) is 9.15. The topological polar surface area (TPSA) is 59.5 Å². The summed E-state index contributed by atoms with van der Waals surface area (Å²) in [5.74, 6) is 4.19. The summed E-state index contributed by atoms with van der Waals surface area (Å²) in [7, 11) is 3.35. The van der Waals surface area contributed by atoms with Crippen molar-refractivity contribution in [2.24, 2.45) is 0 Å². The number of rotatable bonds is 6. The molecule has 1 aliphatic rings. The van der Waals surface area contributed by atoms with Gasteiger partial charge >= 0.3 is 0 Å². The van der Waals surface area contributed by atoms with Crippen LogP contribution in [-0.4, -0.2) is 36.8 Å². The van der Waals surface area contributed by atoms with E-state index in [2.05, 4.69) is 46.2 Å². The number of nitrogens with one attached hydrogen (secondary N) is 1. The molecule has 0 bridgehead atoms.